The Morgan fingerprint density at radius 2 is 1.87 bits per heavy atom. The Balaban J connectivity index is 1.24. The van der Waals surface area contributed by atoms with Crippen LogP contribution in [0.15, 0.2) is 42.5 Å². The fourth-order valence-corrected chi connectivity index (χ4v) is 4.88. The highest BCUT2D eigenvalue weighted by Gasteiger charge is 2.36. The zero-order chi connectivity index (χ0) is 27.8. The molecule has 3 N–H and O–H groups in total. The second-order valence-electron chi connectivity index (χ2n) is 9.82. The Morgan fingerprint density at radius 1 is 1.10 bits per heavy atom. The highest BCUT2D eigenvalue weighted by molar-refractivity contribution is 5.86. The number of ether oxygens (including phenoxy) is 2. The van der Waals surface area contributed by atoms with Crippen molar-refractivity contribution in [1.29, 1.82) is 0 Å². The molecule has 0 spiro atoms. The van der Waals surface area contributed by atoms with Crippen molar-refractivity contribution in [2.24, 2.45) is 11.8 Å². The zero-order valence-corrected chi connectivity index (χ0v) is 21.9. The van der Waals surface area contributed by atoms with Gasteiger partial charge in [-0.1, -0.05) is 36.4 Å². The van der Waals surface area contributed by atoms with Crippen LogP contribution in [0.2, 0.25) is 0 Å². The Morgan fingerprint density at radius 3 is 2.59 bits per heavy atom. The van der Waals surface area contributed by atoms with Gasteiger partial charge in [0.15, 0.2) is 0 Å². The summed E-state index contributed by atoms with van der Waals surface area (Å²) < 4.78 is 10.2. The number of amides is 3. The van der Waals surface area contributed by atoms with E-state index in [0.29, 0.717) is 31.6 Å². The fourth-order valence-electron chi connectivity index (χ4n) is 4.88. The third kappa shape index (κ3) is 7.46. The number of aryl methyl sites for hydroxylation is 1. The maximum Gasteiger partial charge on any atom is 0.413 e. The van der Waals surface area contributed by atoms with Crippen molar-refractivity contribution in [3.63, 3.8) is 0 Å². The average Bonchev–Trinajstić information content (AvgIpc) is 2.91. The predicted octanol–water partition coefficient (Wildman–Crippen LogP) is 3.06. The van der Waals surface area contributed by atoms with E-state index < -0.39 is 24.2 Å². The molecule has 11 heteroatoms. The highest BCUT2D eigenvalue weighted by atomic mass is 16.6. The van der Waals surface area contributed by atoms with Crippen LogP contribution < -0.4 is 15.5 Å². The second-order valence-corrected chi connectivity index (χ2v) is 9.82. The molecule has 1 aromatic carbocycles. The van der Waals surface area contributed by atoms with Gasteiger partial charge in [-0.15, -0.1) is 0 Å². The van der Waals surface area contributed by atoms with Gasteiger partial charge < -0.3 is 25.2 Å². The van der Waals surface area contributed by atoms with Crippen LogP contribution in [0.5, 0.6) is 0 Å². The molecule has 2 aromatic rings. The molecule has 39 heavy (non-hydrogen) atoms. The minimum absolute atomic E-state index is 0.0471. The Hall–Kier alpha value is -4.15. The van der Waals surface area contributed by atoms with Gasteiger partial charge in [-0.3, -0.25) is 9.69 Å². The number of hydrogen-bond donors (Lipinski definition) is 3. The van der Waals surface area contributed by atoms with Gasteiger partial charge in [-0.25, -0.2) is 19.4 Å². The van der Waals surface area contributed by atoms with Crippen LogP contribution in [0.1, 0.15) is 43.0 Å². The van der Waals surface area contributed by atoms with E-state index in [1.54, 1.807) is 6.92 Å². The molecule has 0 bridgehead atoms. The molecule has 1 saturated carbocycles. The molecule has 4 rings (SSSR count). The summed E-state index contributed by atoms with van der Waals surface area (Å²) in [6, 6.07) is 11.9. The zero-order valence-electron chi connectivity index (χ0n) is 21.9. The van der Waals surface area contributed by atoms with E-state index in [-0.39, 0.29) is 37.5 Å². The summed E-state index contributed by atoms with van der Waals surface area (Å²) in [5, 5.41) is 14.7. The number of esters is 1. The van der Waals surface area contributed by atoms with E-state index in [4.69, 9.17) is 9.47 Å². The lowest BCUT2D eigenvalue weighted by Crippen LogP contribution is -2.51. The monoisotopic (exact) mass is 538 g/mol. The third-order valence-electron chi connectivity index (χ3n) is 6.99. The van der Waals surface area contributed by atoms with Crippen LogP contribution in [0.3, 0.4) is 0 Å². The number of carbonyl (C=O) groups excluding carboxylic acids is 3. The number of rotatable bonds is 10. The number of nitrogens with one attached hydrogen (secondary N) is 2. The molecule has 0 radical (unpaired) electrons. The highest BCUT2D eigenvalue weighted by Crippen LogP contribution is 2.36. The van der Waals surface area contributed by atoms with Crippen LogP contribution in [0, 0.1) is 11.8 Å². The molecule has 208 valence electrons. The largest absolute Gasteiger partial charge is 0.465 e. The second kappa shape index (κ2) is 13.1. The molecule has 1 atom stereocenters. The standard InChI is InChI=1S/C28H34N4O7/c1-2-38-26(34)23(31-27(35)39-17-18-7-4-3-5-8-18)16-29-25(33)21-13-19(14-21)15-22-11-10-20-9-6-12-32(28(36)37)24(20)30-22/h3-5,7-8,10-11,19,21,23H,2,6,9,12-17H2,1H3,(H,29,33)(H,31,35)(H,36,37)/t19?,21?,23-/m0/s1. The van der Waals surface area contributed by atoms with Crippen molar-refractivity contribution in [2.75, 3.05) is 24.6 Å². The molecule has 1 aliphatic heterocycles. The topological polar surface area (TPSA) is 147 Å². The summed E-state index contributed by atoms with van der Waals surface area (Å²) in [5.41, 5.74) is 2.55. The number of anilines is 1. The van der Waals surface area contributed by atoms with Gasteiger partial charge in [0.1, 0.15) is 18.5 Å². The quantitative estimate of drug-likeness (QED) is 0.391. The van der Waals surface area contributed by atoms with Gasteiger partial charge in [-0.2, -0.15) is 0 Å². The van der Waals surface area contributed by atoms with Gasteiger partial charge >= 0.3 is 18.2 Å². The van der Waals surface area contributed by atoms with E-state index in [0.717, 1.165) is 29.7 Å². The molecule has 0 unspecified atom stereocenters. The summed E-state index contributed by atoms with van der Waals surface area (Å²) >= 11 is 0. The van der Waals surface area contributed by atoms with Crippen molar-refractivity contribution >= 4 is 29.9 Å². The molecule has 1 aromatic heterocycles. The Labute approximate surface area is 226 Å². The van der Waals surface area contributed by atoms with Crippen LogP contribution >= 0.6 is 0 Å². The van der Waals surface area contributed by atoms with E-state index in [1.807, 2.05) is 42.5 Å². The fraction of sp³-hybridized carbons (Fsp3) is 0.464. The van der Waals surface area contributed by atoms with Crippen molar-refractivity contribution in [1.82, 2.24) is 15.6 Å². The summed E-state index contributed by atoms with van der Waals surface area (Å²) in [4.78, 5) is 54.8. The number of fused-ring (bicyclic) bond motifs is 1. The maximum atomic E-state index is 12.7. The summed E-state index contributed by atoms with van der Waals surface area (Å²) in [6.45, 7) is 2.17. The van der Waals surface area contributed by atoms with E-state index in [1.165, 1.54) is 4.90 Å². The first kappa shape index (κ1) is 27.9. The maximum absolute atomic E-state index is 12.7. The number of aromatic nitrogens is 1. The van der Waals surface area contributed by atoms with Crippen LogP contribution in [0.25, 0.3) is 0 Å². The minimum atomic E-state index is -1.08. The molecule has 2 heterocycles. The summed E-state index contributed by atoms with van der Waals surface area (Å²) in [6.07, 6.45) is 1.78. The molecular formula is C28H34N4O7. The van der Waals surface area contributed by atoms with Crippen LogP contribution in [-0.2, 0) is 38.5 Å². The predicted molar refractivity (Wildman–Crippen MR) is 141 cm³/mol. The lowest BCUT2D eigenvalue weighted by Gasteiger charge is -2.34. The van der Waals surface area contributed by atoms with Crippen molar-refractivity contribution in [3.8, 4) is 0 Å². The first-order valence-corrected chi connectivity index (χ1v) is 13.2. The van der Waals surface area contributed by atoms with Gasteiger partial charge in [0.25, 0.3) is 0 Å². The number of carboxylic acid groups (broad SMARTS) is 1. The number of nitrogens with zero attached hydrogens (tertiary/aromatic N) is 2. The number of carbonyl (C=O) groups is 4. The number of pyridine rings is 1. The smallest absolute Gasteiger partial charge is 0.413 e. The molecule has 0 saturated heterocycles. The van der Waals surface area contributed by atoms with E-state index >= 15 is 0 Å². The van der Waals surface area contributed by atoms with Crippen molar-refractivity contribution < 1.29 is 33.8 Å². The normalized spacial score (nSPS) is 18.6. The molecular weight excluding hydrogens is 504 g/mol. The first-order chi connectivity index (χ1) is 18.8. The van der Waals surface area contributed by atoms with Gasteiger partial charge in [0.05, 0.1) is 6.61 Å². The van der Waals surface area contributed by atoms with Crippen molar-refractivity contribution in [3.05, 3.63) is 59.3 Å². The van der Waals surface area contributed by atoms with Crippen LogP contribution in [0.4, 0.5) is 15.4 Å². The van der Waals surface area contributed by atoms with Gasteiger partial charge in [0, 0.05) is 24.7 Å². The minimum Gasteiger partial charge on any atom is -0.465 e. The first-order valence-electron chi connectivity index (χ1n) is 13.2. The molecule has 3 amide bonds. The van der Waals surface area contributed by atoms with Gasteiger partial charge in [-0.05, 0) is 62.1 Å². The average molecular weight is 539 g/mol. The molecule has 1 fully saturated rings. The molecule has 2 aliphatic rings. The third-order valence-corrected chi connectivity index (χ3v) is 6.99. The summed E-state index contributed by atoms with van der Waals surface area (Å²) in [5.74, 6) is -0.305. The van der Waals surface area contributed by atoms with Crippen molar-refractivity contribution in [2.45, 2.75) is 51.7 Å². The molecule has 1 aliphatic carbocycles. The van der Waals surface area contributed by atoms with Gasteiger partial charge in [0.2, 0.25) is 5.91 Å². The molecule has 11 nitrogen and oxygen atoms in total. The Kier molecular flexibility index (Phi) is 9.35. The lowest BCUT2D eigenvalue weighted by molar-refractivity contribution is -0.145. The van der Waals surface area contributed by atoms with E-state index in [2.05, 4.69) is 15.6 Å². The Bertz CT molecular complexity index is 1180. The van der Waals surface area contributed by atoms with Crippen LogP contribution in [-0.4, -0.2) is 59.9 Å². The number of alkyl carbamates (subject to hydrolysis) is 1. The SMILES string of the molecule is CCOC(=O)[C@H](CNC(=O)C1CC(Cc2ccc3c(n2)N(C(=O)O)CCC3)C1)NC(=O)OCc1ccccc1. The lowest BCUT2D eigenvalue weighted by atomic mass is 9.72. The number of benzene rings is 1. The number of hydrogen-bond acceptors (Lipinski definition) is 7. The summed E-state index contributed by atoms with van der Waals surface area (Å²) in [7, 11) is 0. The van der Waals surface area contributed by atoms with E-state index in [9.17, 15) is 24.3 Å².